The van der Waals surface area contributed by atoms with Crippen molar-refractivity contribution in [2.75, 3.05) is 20.1 Å². The number of aromatic nitrogens is 2. The Labute approximate surface area is 176 Å². The summed E-state index contributed by atoms with van der Waals surface area (Å²) in [7, 11) is 2.14. The Morgan fingerprint density at radius 1 is 1.21 bits per heavy atom. The average Bonchev–Trinajstić information content (AvgIpc) is 2.69. The minimum atomic E-state index is -0.0911. The predicted molar refractivity (Wildman–Crippen MR) is 117 cm³/mol. The van der Waals surface area contributed by atoms with Crippen LogP contribution in [0.25, 0.3) is 5.65 Å². The molecule has 3 heterocycles. The Bertz CT molecular complexity index is 1040. The van der Waals surface area contributed by atoms with Crippen LogP contribution >= 0.6 is 11.6 Å². The second-order valence-corrected chi connectivity index (χ2v) is 8.57. The fourth-order valence-electron chi connectivity index (χ4n) is 4.44. The van der Waals surface area contributed by atoms with E-state index in [0.29, 0.717) is 29.2 Å². The van der Waals surface area contributed by atoms with E-state index in [1.807, 2.05) is 0 Å². The first kappa shape index (κ1) is 20.1. The molecule has 0 N–H and O–H groups in total. The van der Waals surface area contributed by atoms with Crippen LogP contribution in [-0.2, 0) is 13.1 Å². The molecule has 0 bridgehead atoms. The van der Waals surface area contributed by atoms with Gasteiger partial charge in [-0.05, 0) is 43.6 Å². The highest BCUT2D eigenvalue weighted by atomic mass is 35.5. The summed E-state index contributed by atoms with van der Waals surface area (Å²) in [5.41, 5.74) is 2.72. The largest absolute Gasteiger partial charge is 0.299 e. The predicted octanol–water partition coefficient (Wildman–Crippen LogP) is 3.69. The quantitative estimate of drug-likeness (QED) is 0.643. The van der Waals surface area contributed by atoms with Gasteiger partial charge in [0.2, 0.25) is 0 Å². The van der Waals surface area contributed by atoms with Crippen molar-refractivity contribution in [3.05, 3.63) is 81.4 Å². The second kappa shape index (κ2) is 8.66. The van der Waals surface area contributed by atoms with Crippen LogP contribution in [0.2, 0.25) is 5.02 Å². The van der Waals surface area contributed by atoms with Gasteiger partial charge >= 0.3 is 0 Å². The average molecular weight is 411 g/mol. The van der Waals surface area contributed by atoms with Crippen molar-refractivity contribution >= 4 is 17.2 Å². The highest BCUT2D eigenvalue weighted by Crippen LogP contribution is 2.23. The smallest absolute Gasteiger partial charge is 0.258 e. The summed E-state index contributed by atoms with van der Waals surface area (Å²) in [6.45, 7) is 6.16. The lowest BCUT2D eigenvalue weighted by molar-refractivity contribution is 0.0713. The number of benzene rings is 1. The van der Waals surface area contributed by atoms with Crippen molar-refractivity contribution in [3.8, 4) is 0 Å². The molecular weight excluding hydrogens is 384 g/mol. The van der Waals surface area contributed by atoms with E-state index in [1.165, 1.54) is 9.96 Å². The van der Waals surface area contributed by atoms with Gasteiger partial charge in [0.15, 0.2) is 0 Å². The van der Waals surface area contributed by atoms with E-state index in [9.17, 15) is 4.79 Å². The van der Waals surface area contributed by atoms with Gasteiger partial charge in [0.05, 0.1) is 10.7 Å². The van der Waals surface area contributed by atoms with Crippen molar-refractivity contribution in [2.24, 2.45) is 5.92 Å². The molecule has 4 rings (SSSR count). The van der Waals surface area contributed by atoms with Gasteiger partial charge in [-0.25, -0.2) is 4.98 Å². The maximum atomic E-state index is 12.4. The summed E-state index contributed by atoms with van der Waals surface area (Å²) in [4.78, 5) is 22.0. The Morgan fingerprint density at radius 3 is 2.76 bits per heavy atom. The Kier molecular flexibility index (Phi) is 5.99. The highest BCUT2D eigenvalue weighted by molar-refractivity contribution is 6.30. The van der Waals surface area contributed by atoms with Crippen molar-refractivity contribution in [2.45, 2.75) is 32.5 Å². The van der Waals surface area contributed by atoms with Gasteiger partial charge < -0.3 is 0 Å². The van der Waals surface area contributed by atoms with Crippen molar-refractivity contribution in [1.82, 2.24) is 19.2 Å². The molecule has 0 saturated carbocycles. The number of pyridine rings is 1. The molecule has 0 spiro atoms. The van der Waals surface area contributed by atoms with Gasteiger partial charge in [-0.2, -0.15) is 0 Å². The first-order valence-electron chi connectivity index (χ1n) is 10.1. The zero-order chi connectivity index (χ0) is 20.4. The van der Waals surface area contributed by atoms with Gasteiger partial charge in [0, 0.05) is 37.9 Å². The normalized spacial score (nSPS) is 20.4. The monoisotopic (exact) mass is 410 g/mol. The Balaban J connectivity index is 1.41. The molecule has 1 saturated heterocycles. The van der Waals surface area contributed by atoms with Crippen LogP contribution in [0, 0.1) is 5.92 Å². The molecule has 6 heteroatoms. The summed E-state index contributed by atoms with van der Waals surface area (Å²) in [6.07, 6.45) is 2.73. The van der Waals surface area contributed by atoms with E-state index in [0.717, 1.165) is 31.7 Å². The number of rotatable bonds is 5. The van der Waals surface area contributed by atoms with Crippen molar-refractivity contribution in [1.29, 1.82) is 0 Å². The van der Waals surface area contributed by atoms with E-state index in [2.05, 4.69) is 59.1 Å². The topological polar surface area (TPSA) is 40.9 Å². The van der Waals surface area contributed by atoms with E-state index >= 15 is 0 Å². The summed E-state index contributed by atoms with van der Waals surface area (Å²) in [5.74, 6) is 0.554. The Morgan fingerprint density at radius 2 is 2.00 bits per heavy atom. The van der Waals surface area contributed by atoms with Crippen molar-refractivity contribution < 1.29 is 0 Å². The molecule has 5 nitrogen and oxygen atoms in total. The molecule has 2 aromatic heterocycles. The molecule has 29 heavy (non-hydrogen) atoms. The number of nitrogens with zero attached hydrogens (tertiary/aromatic N) is 4. The van der Waals surface area contributed by atoms with Gasteiger partial charge in [0.1, 0.15) is 5.65 Å². The third-order valence-corrected chi connectivity index (χ3v) is 6.07. The minimum Gasteiger partial charge on any atom is -0.299 e. The van der Waals surface area contributed by atoms with Crippen LogP contribution in [0.5, 0.6) is 0 Å². The van der Waals surface area contributed by atoms with Gasteiger partial charge in [-0.15, -0.1) is 0 Å². The van der Waals surface area contributed by atoms with Crippen LogP contribution in [-0.4, -0.2) is 45.4 Å². The molecule has 1 aromatic carbocycles. The van der Waals surface area contributed by atoms with Crippen molar-refractivity contribution in [3.63, 3.8) is 0 Å². The van der Waals surface area contributed by atoms with Gasteiger partial charge in [0.25, 0.3) is 5.56 Å². The molecule has 2 atom stereocenters. The van der Waals surface area contributed by atoms with E-state index < -0.39 is 0 Å². The van der Waals surface area contributed by atoms with E-state index in [4.69, 9.17) is 11.6 Å². The molecule has 1 aliphatic heterocycles. The number of hydrogen-bond donors (Lipinski definition) is 0. The molecule has 0 aliphatic carbocycles. The fourth-order valence-corrected chi connectivity index (χ4v) is 4.60. The molecule has 0 amide bonds. The lowest BCUT2D eigenvalue weighted by Gasteiger charge is -2.41. The number of likely N-dealkylation sites (tertiary alicyclic amines) is 1. The fraction of sp³-hybridized carbons (Fsp3) is 0.391. The van der Waals surface area contributed by atoms with Crippen LogP contribution in [0.3, 0.4) is 0 Å². The SMILES string of the molecule is CC1CN(Cc2ccccc2)CCC1N(C)Cc1cc(=O)n2cc(Cl)ccc2n1. The zero-order valence-electron chi connectivity index (χ0n) is 17.0. The molecule has 1 fully saturated rings. The number of fused-ring (bicyclic) bond motifs is 1. The van der Waals surface area contributed by atoms with E-state index in [-0.39, 0.29) is 5.56 Å². The van der Waals surface area contributed by atoms with Gasteiger partial charge in [-0.1, -0.05) is 48.9 Å². The molecule has 3 aromatic rings. The molecule has 1 aliphatic rings. The molecule has 152 valence electrons. The lowest BCUT2D eigenvalue weighted by atomic mass is 9.92. The first-order chi connectivity index (χ1) is 14.0. The third kappa shape index (κ3) is 4.69. The second-order valence-electron chi connectivity index (χ2n) is 8.13. The summed E-state index contributed by atoms with van der Waals surface area (Å²) in [6, 6.07) is 16.3. The zero-order valence-corrected chi connectivity index (χ0v) is 17.7. The van der Waals surface area contributed by atoms with Crippen LogP contribution in [0.1, 0.15) is 24.6 Å². The standard InChI is InChI=1S/C23H27ClN4O/c1-17-13-27(14-18-6-4-3-5-7-18)11-10-21(17)26(2)16-20-12-23(29)28-15-19(24)8-9-22(28)25-20/h3-9,12,15,17,21H,10-11,13-14,16H2,1-2H3. The van der Waals surface area contributed by atoms with Gasteiger partial charge in [-0.3, -0.25) is 19.0 Å². The minimum absolute atomic E-state index is 0.0911. The van der Waals surface area contributed by atoms with Crippen LogP contribution in [0.15, 0.2) is 59.5 Å². The maximum Gasteiger partial charge on any atom is 0.258 e. The van der Waals surface area contributed by atoms with Crippen LogP contribution in [0.4, 0.5) is 0 Å². The molecule has 2 unspecified atom stereocenters. The maximum absolute atomic E-state index is 12.4. The molecule has 0 radical (unpaired) electrons. The summed E-state index contributed by atoms with van der Waals surface area (Å²) >= 11 is 6.00. The third-order valence-electron chi connectivity index (χ3n) is 5.85. The number of hydrogen-bond acceptors (Lipinski definition) is 4. The first-order valence-corrected chi connectivity index (χ1v) is 10.5. The summed E-state index contributed by atoms with van der Waals surface area (Å²) in [5, 5.41) is 0.530. The van der Waals surface area contributed by atoms with Crippen LogP contribution < -0.4 is 5.56 Å². The molecular formula is C23H27ClN4O. The summed E-state index contributed by atoms with van der Waals surface area (Å²) < 4.78 is 1.50. The van der Waals surface area contributed by atoms with E-state index in [1.54, 1.807) is 24.4 Å². The Hall–Kier alpha value is -2.21. The number of halogens is 1. The number of piperidine rings is 1. The highest BCUT2D eigenvalue weighted by Gasteiger charge is 2.29. The lowest BCUT2D eigenvalue weighted by Crippen LogP contribution is -2.48.